The Kier molecular flexibility index (Phi) is 11.3. The van der Waals surface area contributed by atoms with Crippen LogP contribution in [0.3, 0.4) is 0 Å². The molecule has 0 radical (unpaired) electrons. The van der Waals surface area contributed by atoms with Gasteiger partial charge in [0.05, 0.1) is 0 Å². The van der Waals surface area contributed by atoms with Crippen LogP contribution < -0.4 is 10.6 Å². The Balaban J connectivity index is 1.23. The minimum Gasteiger partial charge on any atom is -0.344 e. The molecule has 3 aliphatic heterocycles. The fraction of sp³-hybridized carbons (Fsp3) is 0.583. The van der Waals surface area contributed by atoms with Gasteiger partial charge < -0.3 is 20.4 Å². The van der Waals surface area contributed by atoms with Gasteiger partial charge in [0.1, 0.15) is 11.9 Å². The molecule has 3 heterocycles. The van der Waals surface area contributed by atoms with Crippen molar-refractivity contribution in [1.29, 1.82) is 0 Å². The van der Waals surface area contributed by atoms with Crippen LogP contribution in [0.4, 0.5) is 4.39 Å². The summed E-state index contributed by atoms with van der Waals surface area (Å²) < 4.78 is 13.7. The van der Waals surface area contributed by atoms with Gasteiger partial charge in [-0.3, -0.25) is 19.3 Å². The van der Waals surface area contributed by atoms with Crippen LogP contribution >= 0.6 is 0 Å². The topological polar surface area (TPSA) is 85.0 Å². The quantitative estimate of drug-likeness (QED) is 0.419. The molecule has 2 aromatic rings. The first-order valence-electron chi connectivity index (χ1n) is 16.8. The first-order chi connectivity index (χ1) is 21.7. The minimum atomic E-state index is -0.721. The molecule has 0 aliphatic carbocycles. The van der Waals surface area contributed by atoms with Crippen LogP contribution in [0, 0.1) is 11.7 Å². The van der Waals surface area contributed by atoms with Crippen LogP contribution in [0.1, 0.15) is 75.6 Å². The van der Waals surface area contributed by atoms with E-state index in [2.05, 4.69) is 41.5 Å². The lowest BCUT2D eigenvalue weighted by molar-refractivity contribution is -0.138. The highest BCUT2D eigenvalue weighted by Gasteiger charge is 2.35. The van der Waals surface area contributed by atoms with Crippen molar-refractivity contribution in [1.82, 2.24) is 25.3 Å². The third-order valence-electron chi connectivity index (χ3n) is 9.79. The smallest absolute Gasteiger partial charge is 0.245 e. The first-order valence-corrected chi connectivity index (χ1v) is 16.8. The molecule has 8 nitrogen and oxygen atoms in total. The standard InChI is InChI=1S/C36H50FN5O3/c1-25(2)24-42(30-13-18-40(19-14-30)26(3)43)31-15-20-41(21-16-31)36(45)34(22-27-8-10-29(37)11-9-27)39-35(44)23-33-32-7-5-4-6-28(32)12-17-38-33/h4-11,25,30-31,33-34,38H,12-24H2,1-3H3,(H,39,44)/t33-,34-/m1/s1. The normalized spacial score (nSPS) is 20.3. The molecular formula is C36H50FN5O3. The Morgan fingerprint density at radius 3 is 2.18 bits per heavy atom. The van der Waals surface area contributed by atoms with Crippen molar-refractivity contribution >= 4 is 17.7 Å². The van der Waals surface area contributed by atoms with Crippen molar-refractivity contribution in [3.63, 3.8) is 0 Å². The van der Waals surface area contributed by atoms with E-state index in [0.29, 0.717) is 37.5 Å². The summed E-state index contributed by atoms with van der Waals surface area (Å²) in [5.74, 6) is 0.106. The molecular weight excluding hydrogens is 569 g/mol. The van der Waals surface area contributed by atoms with Gasteiger partial charge in [0, 0.05) is 70.6 Å². The number of hydrogen-bond acceptors (Lipinski definition) is 5. The maximum Gasteiger partial charge on any atom is 0.245 e. The van der Waals surface area contributed by atoms with Crippen LogP contribution in [0.2, 0.25) is 0 Å². The van der Waals surface area contributed by atoms with E-state index in [1.165, 1.54) is 17.7 Å². The molecule has 0 saturated carbocycles. The zero-order valence-electron chi connectivity index (χ0n) is 27.1. The predicted octanol–water partition coefficient (Wildman–Crippen LogP) is 4.09. The number of fused-ring (bicyclic) bond motifs is 1. The van der Waals surface area contributed by atoms with Gasteiger partial charge in [-0.05, 0) is 73.4 Å². The molecule has 0 spiro atoms. The Morgan fingerprint density at radius 1 is 0.933 bits per heavy atom. The second-order valence-corrected chi connectivity index (χ2v) is 13.5. The molecule has 3 aliphatic rings. The zero-order valence-corrected chi connectivity index (χ0v) is 27.1. The molecule has 2 saturated heterocycles. The number of rotatable bonds is 10. The van der Waals surface area contributed by atoms with Gasteiger partial charge in [0.25, 0.3) is 0 Å². The Bertz CT molecular complexity index is 1300. The van der Waals surface area contributed by atoms with Crippen molar-refractivity contribution < 1.29 is 18.8 Å². The second kappa shape index (κ2) is 15.3. The number of piperidine rings is 2. The van der Waals surface area contributed by atoms with Gasteiger partial charge >= 0.3 is 0 Å². The third kappa shape index (κ3) is 8.70. The van der Waals surface area contributed by atoms with Crippen molar-refractivity contribution in [3.8, 4) is 0 Å². The van der Waals surface area contributed by atoms with Crippen molar-refractivity contribution in [2.24, 2.45) is 5.92 Å². The predicted molar refractivity (Wildman–Crippen MR) is 174 cm³/mol. The van der Waals surface area contributed by atoms with Gasteiger partial charge in [-0.2, -0.15) is 0 Å². The van der Waals surface area contributed by atoms with E-state index >= 15 is 0 Å². The Hall–Kier alpha value is -3.30. The fourth-order valence-electron chi connectivity index (χ4n) is 7.44. The molecule has 0 unspecified atom stereocenters. The molecule has 2 atom stereocenters. The largest absolute Gasteiger partial charge is 0.344 e. The van der Waals surface area contributed by atoms with E-state index in [-0.39, 0.29) is 36.0 Å². The summed E-state index contributed by atoms with van der Waals surface area (Å²) in [7, 11) is 0. The number of hydrogen-bond donors (Lipinski definition) is 2. The molecule has 2 fully saturated rings. The number of carbonyl (C=O) groups excluding carboxylic acids is 3. The lowest BCUT2D eigenvalue weighted by Crippen LogP contribution is -2.56. The second-order valence-electron chi connectivity index (χ2n) is 13.5. The molecule has 244 valence electrons. The highest BCUT2D eigenvalue weighted by Crippen LogP contribution is 2.27. The zero-order chi connectivity index (χ0) is 31.9. The van der Waals surface area contributed by atoms with E-state index in [1.54, 1.807) is 19.1 Å². The molecule has 2 aromatic carbocycles. The summed E-state index contributed by atoms with van der Waals surface area (Å²) in [6.45, 7) is 10.8. The molecule has 0 aromatic heterocycles. The molecule has 2 N–H and O–H groups in total. The van der Waals surface area contributed by atoms with Gasteiger partial charge in [-0.15, -0.1) is 0 Å². The van der Waals surface area contributed by atoms with Gasteiger partial charge in [0.15, 0.2) is 0 Å². The van der Waals surface area contributed by atoms with Crippen LogP contribution in [0.15, 0.2) is 48.5 Å². The summed E-state index contributed by atoms with van der Waals surface area (Å²) in [6.07, 6.45) is 5.22. The van der Waals surface area contributed by atoms with E-state index in [4.69, 9.17) is 0 Å². The van der Waals surface area contributed by atoms with E-state index in [9.17, 15) is 18.8 Å². The van der Waals surface area contributed by atoms with Gasteiger partial charge in [0.2, 0.25) is 17.7 Å². The maximum atomic E-state index is 14.0. The summed E-state index contributed by atoms with van der Waals surface area (Å²) in [6, 6.07) is 14.4. The third-order valence-corrected chi connectivity index (χ3v) is 9.79. The first kappa shape index (κ1) is 33.1. The maximum absolute atomic E-state index is 14.0. The average Bonchev–Trinajstić information content (AvgIpc) is 3.04. The number of amides is 3. The molecule has 0 bridgehead atoms. The van der Waals surface area contributed by atoms with Crippen LogP contribution in [0.25, 0.3) is 0 Å². The minimum absolute atomic E-state index is 0.0756. The van der Waals surface area contributed by atoms with E-state index < -0.39 is 6.04 Å². The van der Waals surface area contributed by atoms with E-state index in [1.807, 2.05) is 21.9 Å². The number of likely N-dealkylation sites (tertiary alicyclic amines) is 2. The number of carbonyl (C=O) groups is 3. The number of nitrogens with one attached hydrogen (secondary N) is 2. The summed E-state index contributed by atoms with van der Waals surface area (Å²) in [5, 5.41) is 6.54. The summed E-state index contributed by atoms with van der Waals surface area (Å²) in [5.41, 5.74) is 3.21. The van der Waals surface area contributed by atoms with Crippen LogP contribution in [-0.4, -0.2) is 89.8 Å². The fourth-order valence-corrected chi connectivity index (χ4v) is 7.44. The monoisotopic (exact) mass is 619 g/mol. The summed E-state index contributed by atoms with van der Waals surface area (Å²) >= 11 is 0. The highest BCUT2D eigenvalue weighted by molar-refractivity contribution is 5.88. The number of benzene rings is 2. The van der Waals surface area contributed by atoms with E-state index in [0.717, 1.165) is 69.4 Å². The highest BCUT2D eigenvalue weighted by atomic mass is 19.1. The van der Waals surface area contributed by atoms with Crippen molar-refractivity contribution in [2.45, 2.75) is 89.9 Å². The van der Waals surface area contributed by atoms with Crippen molar-refractivity contribution in [3.05, 3.63) is 71.0 Å². The van der Waals surface area contributed by atoms with Gasteiger partial charge in [-0.25, -0.2) is 4.39 Å². The molecule has 5 rings (SSSR count). The Labute approximate surface area is 267 Å². The van der Waals surface area contributed by atoms with Crippen molar-refractivity contribution in [2.75, 3.05) is 39.3 Å². The summed E-state index contributed by atoms with van der Waals surface area (Å²) in [4.78, 5) is 45.8. The number of nitrogens with zero attached hydrogens (tertiary/aromatic N) is 3. The van der Waals surface area contributed by atoms with Crippen LogP contribution in [0.5, 0.6) is 0 Å². The SMILES string of the molecule is CC(=O)N1CCC(N(CC(C)C)C2CCN(C(=O)[C@@H](Cc3ccc(F)cc3)NC(=O)C[C@H]3NCCc4ccccc43)CC2)CC1. The lowest BCUT2D eigenvalue weighted by Gasteiger charge is -2.46. The van der Waals surface area contributed by atoms with Crippen LogP contribution in [-0.2, 0) is 27.2 Å². The Morgan fingerprint density at radius 2 is 1.56 bits per heavy atom. The lowest BCUT2D eigenvalue weighted by atomic mass is 9.92. The molecule has 3 amide bonds. The van der Waals surface area contributed by atoms with Gasteiger partial charge in [-0.1, -0.05) is 50.2 Å². The molecule has 9 heteroatoms. The molecule has 45 heavy (non-hydrogen) atoms. The number of halogens is 1. The average molecular weight is 620 g/mol.